The maximum atomic E-state index is 13.0. The van der Waals surface area contributed by atoms with Gasteiger partial charge < -0.3 is 9.57 Å². The van der Waals surface area contributed by atoms with Crippen molar-refractivity contribution in [2.75, 3.05) is 19.8 Å². The summed E-state index contributed by atoms with van der Waals surface area (Å²) in [7, 11) is 0. The number of alkyl halides is 6. The SMILES string of the molecule is O=C(ON1CCOC[C@@H]1c1ccccc1)c1cc(C(F)(F)F)cc(C(F)(F)F)c1. The molecule has 1 heterocycles. The highest BCUT2D eigenvalue weighted by Gasteiger charge is 2.38. The van der Waals surface area contributed by atoms with E-state index in [0.717, 1.165) is 5.56 Å². The van der Waals surface area contributed by atoms with Crippen molar-refractivity contribution in [2.45, 2.75) is 18.4 Å². The molecule has 2 aromatic carbocycles. The van der Waals surface area contributed by atoms with Crippen molar-refractivity contribution in [1.29, 1.82) is 0 Å². The van der Waals surface area contributed by atoms with Gasteiger partial charge in [-0.25, -0.2) is 4.79 Å². The average molecular weight is 419 g/mol. The molecule has 0 spiro atoms. The zero-order valence-corrected chi connectivity index (χ0v) is 14.8. The Balaban J connectivity index is 1.89. The van der Waals surface area contributed by atoms with Gasteiger partial charge in [-0.1, -0.05) is 30.3 Å². The van der Waals surface area contributed by atoms with E-state index in [4.69, 9.17) is 9.57 Å². The van der Waals surface area contributed by atoms with Crippen molar-refractivity contribution >= 4 is 5.97 Å². The number of benzene rings is 2. The summed E-state index contributed by atoms with van der Waals surface area (Å²) in [5.41, 5.74) is -3.28. The molecule has 0 aromatic heterocycles. The molecule has 4 nitrogen and oxygen atoms in total. The minimum atomic E-state index is -5.05. The number of halogens is 6. The molecule has 0 saturated carbocycles. The summed E-state index contributed by atoms with van der Waals surface area (Å²) in [6.45, 7) is 0.442. The molecule has 1 saturated heterocycles. The standard InChI is InChI=1S/C19H15F6NO3/c20-18(21,22)14-8-13(9-15(10-14)19(23,24)25)17(27)29-26-6-7-28-11-16(26)12-4-2-1-3-5-12/h1-5,8-10,16H,6-7,11H2/t16-/m1/s1. The van der Waals surface area contributed by atoms with Crippen molar-refractivity contribution in [3.05, 3.63) is 70.8 Å². The van der Waals surface area contributed by atoms with Crippen LogP contribution in [0, 0.1) is 0 Å². The molecule has 0 bridgehead atoms. The van der Waals surface area contributed by atoms with Crippen molar-refractivity contribution in [3.63, 3.8) is 0 Å². The third-order valence-electron chi connectivity index (χ3n) is 4.29. The third kappa shape index (κ3) is 5.07. The lowest BCUT2D eigenvalue weighted by atomic mass is 10.0. The Morgan fingerprint density at radius 1 is 0.966 bits per heavy atom. The van der Waals surface area contributed by atoms with E-state index in [-0.39, 0.29) is 25.8 Å². The molecule has 0 radical (unpaired) electrons. The number of ether oxygens (including phenoxy) is 1. The van der Waals surface area contributed by atoms with Gasteiger partial charge in [0, 0.05) is 0 Å². The van der Waals surface area contributed by atoms with Crippen molar-refractivity contribution < 1.29 is 40.7 Å². The predicted molar refractivity (Wildman–Crippen MR) is 88.6 cm³/mol. The summed E-state index contributed by atoms with van der Waals surface area (Å²) in [6.07, 6.45) is -10.1. The van der Waals surface area contributed by atoms with Gasteiger partial charge in [-0.2, -0.15) is 26.3 Å². The van der Waals surface area contributed by atoms with Crippen LogP contribution in [0.5, 0.6) is 0 Å². The fourth-order valence-electron chi connectivity index (χ4n) is 2.87. The van der Waals surface area contributed by atoms with E-state index >= 15 is 0 Å². The van der Waals surface area contributed by atoms with E-state index in [1.54, 1.807) is 30.3 Å². The maximum absolute atomic E-state index is 13.0. The predicted octanol–water partition coefficient (Wildman–Crippen LogP) is 4.87. The van der Waals surface area contributed by atoms with Gasteiger partial charge in [0.25, 0.3) is 0 Å². The van der Waals surface area contributed by atoms with Crippen molar-refractivity contribution in [2.24, 2.45) is 0 Å². The van der Waals surface area contributed by atoms with E-state index in [0.29, 0.717) is 12.1 Å². The first-order valence-corrected chi connectivity index (χ1v) is 8.47. The van der Waals surface area contributed by atoms with Crippen molar-refractivity contribution in [3.8, 4) is 0 Å². The normalized spacial score (nSPS) is 18.5. The molecular formula is C19H15F6NO3. The number of nitrogens with zero attached hydrogens (tertiary/aromatic N) is 1. The van der Waals surface area contributed by atoms with Crippen LogP contribution < -0.4 is 0 Å². The minimum Gasteiger partial charge on any atom is -0.378 e. The molecular weight excluding hydrogens is 404 g/mol. The Morgan fingerprint density at radius 2 is 1.55 bits per heavy atom. The fourth-order valence-corrected chi connectivity index (χ4v) is 2.87. The molecule has 156 valence electrons. The van der Waals surface area contributed by atoms with Gasteiger partial charge in [0.2, 0.25) is 0 Å². The first kappa shape index (κ1) is 21.1. The number of hydrogen-bond donors (Lipinski definition) is 0. The highest BCUT2D eigenvalue weighted by molar-refractivity contribution is 5.89. The Morgan fingerprint density at radius 3 is 2.10 bits per heavy atom. The van der Waals surface area contributed by atoms with Crippen LogP contribution in [0.15, 0.2) is 48.5 Å². The molecule has 1 fully saturated rings. The summed E-state index contributed by atoms with van der Waals surface area (Å²) < 4.78 is 83.3. The molecule has 1 atom stereocenters. The van der Waals surface area contributed by atoms with Gasteiger partial charge in [0.05, 0.1) is 42.5 Å². The second kappa shape index (κ2) is 8.03. The number of rotatable bonds is 3. The average Bonchev–Trinajstić information content (AvgIpc) is 2.67. The van der Waals surface area contributed by atoms with Gasteiger partial charge in [0.15, 0.2) is 0 Å². The lowest BCUT2D eigenvalue weighted by Gasteiger charge is -2.33. The summed E-state index contributed by atoms with van der Waals surface area (Å²) in [6, 6.07) is 8.84. The molecule has 0 aliphatic carbocycles. The van der Waals surface area contributed by atoms with Crippen molar-refractivity contribution in [1.82, 2.24) is 5.06 Å². The van der Waals surface area contributed by atoms with Crippen LogP contribution in [-0.4, -0.2) is 30.8 Å². The Bertz CT molecular complexity index is 834. The fraction of sp³-hybridized carbons (Fsp3) is 0.316. The lowest BCUT2D eigenvalue weighted by Crippen LogP contribution is -2.40. The van der Waals surface area contributed by atoms with E-state index in [2.05, 4.69) is 0 Å². The van der Waals surface area contributed by atoms with E-state index in [1.165, 1.54) is 5.06 Å². The summed E-state index contributed by atoms with van der Waals surface area (Å²) in [5.74, 6) is -1.32. The number of carbonyl (C=O) groups is 1. The number of hydroxylamine groups is 2. The monoisotopic (exact) mass is 419 g/mol. The lowest BCUT2D eigenvalue weighted by molar-refractivity contribution is -0.186. The molecule has 29 heavy (non-hydrogen) atoms. The maximum Gasteiger partial charge on any atom is 0.416 e. The van der Waals surface area contributed by atoms with E-state index in [9.17, 15) is 31.1 Å². The molecule has 1 aliphatic heterocycles. The zero-order chi connectivity index (χ0) is 21.2. The smallest absolute Gasteiger partial charge is 0.378 e. The first-order chi connectivity index (χ1) is 13.6. The second-order valence-corrected chi connectivity index (χ2v) is 6.32. The topological polar surface area (TPSA) is 38.8 Å². The van der Waals surface area contributed by atoms with Gasteiger partial charge >= 0.3 is 18.3 Å². The quantitative estimate of drug-likeness (QED) is 0.666. The van der Waals surface area contributed by atoms with Crippen LogP contribution in [0.3, 0.4) is 0 Å². The molecule has 0 amide bonds. The molecule has 2 aromatic rings. The molecule has 3 rings (SSSR count). The Hall–Kier alpha value is -2.59. The number of hydrogen-bond acceptors (Lipinski definition) is 4. The zero-order valence-electron chi connectivity index (χ0n) is 14.8. The van der Waals surface area contributed by atoms with Gasteiger partial charge in [-0.3, -0.25) is 0 Å². The van der Waals surface area contributed by atoms with Gasteiger partial charge in [-0.15, -0.1) is 5.06 Å². The van der Waals surface area contributed by atoms with Crippen LogP contribution in [0.1, 0.15) is 33.1 Å². The molecule has 1 aliphatic rings. The largest absolute Gasteiger partial charge is 0.416 e. The van der Waals surface area contributed by atoms with Crippen LogP contribution in [0.25, 0.3) is 0 Å². The Kier molecular flexibility index (Phi) is 5.85. The highest BCUT2D eigenvalue weighted by atomic mass is 19.4. The summed E-state index contributed by atoms with van der Waals surface area (Å²) in [5, 5.41) is 1.20. The highest BCUT2D eigenvalue weighted by Crippen LogP contribution is 2.36. The van der Waals surface area contributed by atoms with Crippen LogP contribution in [0.2, 0.25) is 0 Å². The number of carbonyl (C=O) groups excluding carboxylic acids is 1. The van der Waals surface area contributed by atoms with Crippen LogP contribution in [0.4, 0.5) is 26.3 Å². The summed E-state index contributed by atoms with van der Waals surface area (Å²) >= 11 is 0. The van der Waals surface area contributed by atoms with Gasteiger partial charge in [-0.05, 0) is 23.8 Å². The van der Waals surface area contributed by atoms with Crippen LogP contribution in [-0.2, 0) is 21.9 Å². The van der Waals surface area contributed by atoms with Crippen LogP contribution >= 0.6 is 0 Å². The Labute approximate surface area is 161 Å². The van der Waals surface area contributed by atoms with E-state index < -0.39 is 41.1 Å². The van der Waals surface area contributed by atoms with Gasteiger partial charge in [0.1, 0.15) is 0 Å². The number of morpholine rings is 1. The molecule has 10 heteroatoms. The molecule has 0 unspecified atom stereocenters. The minimum absolute atomic E-state index is 0.0434. The molecule has 0 N–H and O–H groups in total. The van der Waals surface area contributed by atoms with E-state index in [1.807, 2.05) is 0 Å². The first-order valence-electron chi connectivity index (χ1n) is 8.47. The second-order valence-electron chi connectivity index (χ2n) is 6.32. The third-order valence-corrected chi connectivity index (χ3v) is 4.29. The summed E-state index contributed by atoms with van der Waals surface area (Å²) in [4.78, 5) is 17.6.